The van der Waals surface area contributed by atoms with Crippen molar-refractivity contribution < 1.29 is 51.8 Å². The highest BCUT2D eigenvalue weighted by Crippen LogP contribution is 2.40. The molecule has 4 aromatic carbocycles. The molecule has 73 heavy (non-hydrogen) atoms. The Morgan fingerprint density at radius 1 is 0.589 bits per heavy atom. The highest BCUT2D eigenvalue weighted by molar-refractivity contribution is 7.92. The fourth-order valence-electron chi connectivity index (χ4n) is 9.52. The summed E-state index contributed by atoms with van der Waals surface area (Å²) in [5, 5.41) is 28.8. The first-order valence-corrected chi connectivity index (χ1v) is 27.4. The van der Waals surface area contributed by atoms with Gasteiger partial charge in [0.05, 0.1) is 43.3 Å². The molecular weight excluding hydrogens is 977 g/mol. The fraction of sp³-hybridized carbons (Fsp3) is 0.423. The quantitative estimate of drug-likeness (QED) is 0.0707. The molecule has 0 heterocycles. The van der Waals surface area contributed by atoms with Crippen molar-refractivity contribution in [3.8, 4) is 0 Å². The van der Waals surface area contributed by atoms with Crippen LogP contribution in [0.25, 0.3) is 0 Å². The average molecular weight is 1040 g/mol. The molecule has 0 saturated heterocycles. The van der Waals surface area contributed by atoms with E-state index in [2.05, 4.69) is 46.3 Å². The van der Waals surface area contributed by atoms with E-state index in [-0.39, 0.29) is 36.5 Å². The van der Waals surface area contributed by atoms with Crippen LogP contribution < -0.4 is 26.2 Å². The second kappa shape index (κ2) is 25.4. The number of hydrogen-bond donors (Lipinski definition) is 6. The Hall–Kier alpha value is -6.52. The zero-order chi connectivity index (χ0) is 52.9. The number of fused-ring (bicyclic) bond motifs is 4. The van der Waals surface area contributed by atoms with E-state index in [0.717, 1.165) is 111 Å². The number of ether oxygens (including phenoxy) is 2. The molecule has 4 aliphatic rings. The topological polar surface area (TPSA) is 291 Å². The first kappa shape index (κ1) is 55.8. The number of hydrogen-bond acceptors (Lipinski definition) is 11. The number of nitrogens with zero attached hydrogens (tertiary/aromatic N) is 3. The molecule has 392 valence electrons. The number of benzene rings is 4. The smallest absolute Gasteiger partial charge is 0.354 e. The Balaban J connectivity index is 0.000000208. The molecule has 4 aromatic rings. The third kappa shape index (κ3) is 15.0. The summed E-state index contributed by atoms with van der Waals surface area (Å²) in [6, 6.07) is 16.7. The average Bonchev–Trinajstić information content (AvgIpc) is 4.21. The minimum Gasteiger partial charge on any atom is -0.481 e. The zero-order valence-corrected chi connectivity index (χ0v) is 43.5. The number of rotatable bonds is 14. The van der Waals surface area contributed by atoms with Crippen molar-refractivity contribution in [3.63, 3.8) is 0 Å². The fourth-order valence-corrected chi connectivity index (χ4v) is 11.4. The Morgan fingerprint density at radius 3 is 1.32 bits per heavy atom. The lowest BCUT2D eigenvalue weighted by Crippen LogP contribution is -2.26. The van der Waals surface area contributed by atoms with E-state index >= 15 is 0 Å². The number of carbonyl (C=O) groups is 6. The van der Waals surface area contributed by atoms with Gasteiger partial charge in [-0.25, -0.2) is 28.3 Å². The Bertz CT molecular complexity index is 2930. The van der Waals surface area contributed by atoms with Crippen molar-refractivity contribution in [2.24, 2.45) is 19.0 Å². The van der Waals surface area contributed by atoms with Gasteiger partial charge in [-0.1, -0.05) is 36.4 Å². The number of carboxylic acid groups (broad SMARTS) is 1. The maximum Gasteiger partial charge on any atom is 0.354 e. The minimum absolute atomic E-state index is 0.0198. The van der Waals surface area contributed by atoms with E-state index in [1.807, 2.05) is 19.2 Å². The molecule has 0 radical (unpaired) electrons. The van der Waals surface area contributed by atoms with Crippen LogP contribution in [0.4, 0.5) is 21.0 Å². The van der Waals surface area contributed by atoms with Gasteiger partial charge in [0.15, 0.2) is 0 Å². The van der Waals surface area contributed by atoms with E-state index in [9.17, 15) is 37.2 Å². The van der Waals surface area contributed by atoms with E-state index in [4.69, 9.17) is 15.4 Å². The predicted molar refractivity (Wildman–Crippen MR) is 277 cm³/mol. The molecule has 0 aromatic heterocycles. The number of aliphatic carboxylic acids is 1. The second-order valence-corrected chi connectivity index (χ2v) is 21.8. The normalized spacial score (nSPS) is 15.2. The van der Waals surface area contributed by atoms with E-state index in [1.165, 1.54) is 52.5 Å². The van der Waals surface area contributed by atoms with Crippen LogP contribution in [0.5, 0.6) is 0 Å². The second-order valence-electron chi connectivity index (χ2n) is 18.3. The first-order valence-electron chi connectivity index (χ1n) is 24.3. The van der Waals surface area contributed by atoms with E-state index in [0.29, 0.717) is 18.0 Å². The van der Waals surface area contributed by atoms with Crippen LogP contribution in [0, 0.1) is 0 Å². The Labute approximate surface area is 427 Å². The number of carbonyl (C=O) groups excluding carboxylic acids is 5. The molecule has 0 spiro atoms. The van der Waals surface area contributed by atoms with Gasteiger partial charge in [0.25, 0.3) is 0 Å². The number of aryl methyl sites for hydroxylation is 4. The molecule has 0 bridgehead atoms. The molecule has 19 nitrogen and oxygen atoms in total. The van der Waals surface area contributed by atoms with Gasteiger partial charge in [-0.3, -0.25) is 19.2 Å². The predicted octanol–water partition coefficient (Wildman–Crippen LogP) is 6.85. The Morgan fingerprint density at radius 2 is 0.959 bits per heavy atom. The lowest BCUT2D eigenvalue weighted by Gasteiger charge is -2.17. The molecule has 4 aliphatic carbocycles. The van der Waals surface area contributed by atoms with Gasteiger partial charge in [-0.2, -0.15) is 0 Å². The number of nitrogens with one attached hydrogen (secondary N) is 3. The van der Waals surface area contributed by atoms with Crippen molar-refractivity contribution in [3.05, 3.63) is 116 Å². The lowest BCUT2D eigenvalue weighted by atomic mass is 9.99. The molecule has 5 amide bonds. The lowest BCUT2D eigenvalue weighted by molar-refractivity contribution is -0.145. The van der Waals surface area contributed by atoms with Crippen LogP contribution in [0.3, 0.4) is 0 Å². The molecule has 8 rings (SSSR count). The first-order chi connectivity index (χ1) is 34.8. The number of carboxylic acids is 1. The standard InChI is InChI=1S/C26H32N4O5S.C21H26N4O2S.C5H8O4/c1-30(23(31)13-14-24(32)35-2)16-17-9-11-20(12-10-17)36(27,34)29-26(33)28-25-21-7-3-5-18(21)15-19-6-4-8-22(19)25;1-23-13-14-8-10-17(11-9-14)28(22,27)25-21(26)24-20-18-6-2-4-15(18)12-16-5-3-7-19(16)20;1-9-5(8)3-2-4(6)7/h9-12,15H,3-8,13-14,16H2,1-2H3,(H3,27,28,29,33,34);8-12,23H,2-7,13H2,1H3,(H3,22,24,25,26,27);2-3H2,1H3,(H,6,7). The van der Waals surface area contributed by atoms with Crippen molar-refractivity contribution >= 4 is 67.1 Å². The van der Waals surface area contributed by atoms with Gasteiger partial charge in [-0.05, 0) is 164 Å². The molecular formula is C52H66N8O11S2. The zero-order valence-electron chi connectivity index (χ0n) is 41.8. The van der Waals surface area contributed by atoms with Crippen molar-refractivity contribution in [2.75, 3.05) is 38.9 Å². The maximum atomic E-state index is 13.1. The monoisotopic (exact) mass is 1040 g/mol. The number of anilines is 2. The number of esters is 2. The van der Waals surface area contributed by atoms with Crippen LogP contribution in [0.1, 0.15) is 107 Å². The summed E-state index contributed by atoms with van der Waals surface area (Å²) < 4.78 is 42.4. The molecule has 0 fully saturated rings. The highest BCUT2D eigenvalue weighted by Gasteiger charge is 2.27. The van der Waals surface area contributed by atoms with Crippen molar-refractivity contribution in [1.82, 2.24) is 10.2 Å². The molecule has 8 N–H and O–H groups in total. The van der Waals surface area contributed by atoms with Crippen LogP contribution in [0.2, 0.25) is 0 Å². The summed E-state index contributed by atoms with van der Waals surface area (Å²) in [6.07, 6.45) is 12.1. The van der Waals surface area contributed by atoms with E-state index in [1.54, 1.807) is 43.4 Å². The molecule has 21 heteroatoms. The summed E-state index contributed by atoms with van der Waals surface area (Å²) >= 11 is 0. The molecule has 2 atom stereocenters. The van der Waals surface area contributed by atoms with Gasteiger partial charge < -0.3 is 35.4 Å². The van der Waals surface area contributed by atoms with Crippen LogP contribution in [-0.4, -0.2) is 82.6 Å². The van der Waals surface area contributed by atoms with Crippen LogP contribution in [0.15, 0.2) is 79.2 Å². The van der Waals surface area contributed by atoms with Crippen LogP contribution >= 0.6 is 0 Å². The van der Waals surface area contributed by atoms with Gasteiger partial charge in [0.1, 0.15) is 19.8 Å². The number of amides is 5. The maximum absolute atomic E-state index is 13.1. The number of nitrogens with two attached hydrogens (primary N) is 2. The number of methoxy groups -OCH3 is 2. The summed E-state index contributed by atoms with van der Waals surface area (Å²) in [6.45, 7) is 1.00. The summed E-state index contributed by atoms with van der Waals surface area (Å²) in [5.74, 6) is -2.11. The third-order valence-corrected chi connectivity index (χ3v) is 15.9. The van der Waals surface area contributed by atoms with Crippen LogP contribution in [-0.2, 0) is 113 Å². The number of urea groups is 2. The summed E-state index contributed by atoms with van der Waals surface area (Å²) in [5.41, 5.74) is 13.5. The summed E-state index contributed by atoms with van der Waals surface area (Å²) in [4.78, 5) is 71.0. The Kier molecular flexibility index (Phi) is 19.4. The minimum atomic E-state index is -3.46. The van der Waals surface area contributed by atoms with Crippen molar-refractivity contribution in [1.29, 1.82) is 0 Å². The largest absolute Gasteiger partial charge is 0.481 e. The molecule has 2 unspecified atom stereocenters. The summed E-state index contributed by atoms with van der Waals surface area (Å²) in [7, 11) is -0.756. The molecule has 0 saturated carbocycles. The highest BCUT2D eigenvalue weighted by atomic mass is 32.2. The van der Waals surface area contributed by atoms with Gasteiger partial charge in [0, 0.05) is 37.9 Å². The van der Waals surface area contributed by atoms with Crippen molar-refractivity contribution in [2.45, 2.75) is 126 Å². The van der Waals surface area contributed by atoms with Gasteiger partial charge in [0.2, 0.25) is 5.91 Å². The SMILES string of the molecule is CNCc1ccc(S(N)(=O)=NC(=O)Nc2c3c(cc4c2CCC4)CCC3)cc1.COC(=O)CCC(=O)N(C)Cc1ccc(S(N)(=O)=NC(=O)Nc2c3c(cc4c2CCC4)CCC3)cc1.COC(=O)CCC(=O)O. The van der Waals surface area contributed by atoms with E-state index < -0.39 is 49.8 Å². The van der Waals surface area contributed by atoms with Gasteiger partial charge in [-0.15, -0.1) is 8.73 Å². The molecule has 0 aliphatic heterocycles. The third-order valence-electron chi connectivity index (χ3n) is 13.1. The van der Waals surface area contributed by atoms with Gasteiger partial charge >= 0.3 is 30.0 Å².